The molecule has 0 saturated heterocycles. The highest BCUT2D eigenvalue weighted by Crippen LogP contribution is 2.20. The zero-order chi connectivity index (χ0) is 36.1. The van der Waals surface area contributed by atoms with Crippen LogP contribution in [0.25, 0.3) is 10.9 Å². The molecule has 49 heavy (non-hydrogen) atoms. The number of carboxylic acids is 1. The molecule has 264 valence electrons. The van der Waals surface area contributed by atoms with Crippen LogP contribution in [0, 0.1) is 0 Å². The standard InChI is InChI=1S/C34H44N6O8S/c1-34(2,3)48-33(47)40-26(17-21-19-36-23-13-9-8-12-22(21)23)31(45)37-24(14-15-49-4)30(44)39-27(18-28(41)42)32(46)38-25(29(35)43)16-20-10-6-5-7-11-20/h5-13,19,24-27,36H,14-18H2,1-4H3,(H2,35,43)(H,37,45)(H,38,46)(H,39,44)(H,40,47)(H,41,42)/t24-,25+,26-,27+/m0/s1. The fraction of sp³-hybridized carbons (Fsp3) is 0.412. The SMILES string of the molecule is CSCC[C@H](NC(=O)[C@H](Cc1c[nH]c2ccccc12)NC(=O)OC(C)(C)C)C(=O)N[C@H](CC(=O)O)C(=O)N[C@H](Cc1ccccc1)C(N)=O. The number of carbonyl (C=O) groups is 6. The van der Waals surface area contributed by atoms with Crippen LogP contribution in [-0.2, 0) is 41.6 Å². The summed E-state index contributed by atoms with van der Waals surface area (Å²) in [6, 6.07) is 11.0. The highest BCUT2D eigenvalue weighted by Gasteiger charge is 2.33. The molecule has 0 unspecified atom stereocenters. The van der Waals surface area contributed by atoms with E-state index in [-0.39, 0.29) is 19.3 Å². The van der Waals surface area contributed by atoms with Crippen LogP contribution < -0.4 is 27.0 Å². The number of aliphatic carboxylic acids is 1. The van der Waals surface area contributed by atoms with Gasteiger partial charge in [0.15, 0.2) is 0 Å². The molecule has 5 amide bonds. The van der Waals surface area contributed by atoms with Crippen molar-refractivity contribution in [2.75, 3.05) is 12.0 Å². The first-order chi connectivity index (χ1) is 23.2. The molecule has 4 atom stereocenters. The van der Waals surface area contributed by atoms with Crippen LogP contribution in [0.15, 0.2) is 60.8 Å². The van der Waals surface area contributed by atoms with Gasteiger partial charge in [0.1, 0.15) is 29.8 Å². The van der Waals surface area contributed by atoms with E-state index in [1.807, 2.05) is 24.3 Å². The number of para-hydroxylation sites is 1. The molecule has 15 heteroatoms. The lowest BCUT2D eigenvalue weighted by Crippen LogP contribution is -2.59. The van der Waals surface area contributed by atoms with Gasteiger partial charge in [-0.05, 0) is 56.4 Å². The summed E-state index contributed by atoms with van der Waals surface area (Å²) in [5.41, 5.74) is 6.94. The number of H-pyrrole nitrogens is 1. The van der Waals surface area contributed by atoms with Crippen LogP contribution >= 0.6 is 11.8 Å². The Balaban J connectivity index is 1.81. The largest absolute Gasteiger partial charge is 0.481 e. The van der Waals surface area contributed by atoms with E-state index in [2.05, 4.69) is 26.3 Å². The third-order valence-corrected chi connectivity index (χ3v) is 7.95. The molecule has 0 bridgehead atoms. The van der Waals surface area contributed by atoms with Gasteiger partial charge < -0.3 is 41.8 Å². The van der Waals surface area contributed by atoms with Gasteiger partial charge in [-0.1, -0.05) is 48.5 Å². The van der Waals surface area contributed by atoms with Crippen molar-refractivity contribution in [2.45, 2.75) is 76.2 Å². The van der Waals surface area contributed by atoms with E-state index in [4.69, 9.17) is 10.5 Å². The first kappa shape index (κ1) is 38.4. The third-order valence-electron chi connectivity index (χ3n) is 7.30. The minimum atomic E-state index is -1.60. The van der Waals surface area contributed by atoms with E-state index in [9.17, 15) is 33.9 Å². The van der Waals surface area contributed by atoms with Crippen LogP contribution in [-0.4, -0.2) is 87.6 Å². The summed E-state index contributed by atoms with van der Waals surface area (Å²) in [5.74, 6) is -4.28. The van der Waals surface area contributed by atoms with Crippen LogP contribution in [0.1, 0.15) is 44.7 Å². The first-order valence-electron chi connectivity index (χ1n) is 15.7. The van der Waals surface area contributed by atoms with E-state index < -0.39 is 71.9 Å². The van der Waals surface area contributed by atoms with Crippen molar-refractivity contribution < 1.29 is 38.6 Å². The predicted molar refractivity (Wildman–Crippen MR) is 186 cm³/mol. The molecule has 1 heterocycles. The summed E-state index contributed by atoms with van der Waals surface area (Å²) in [4.78, 5) is 80.4. The maximum absolute atomic E-state index is 13.8. The summed E-state index contributed by atoms with van der Waals surface area (Å²) in [5, 5.41) is 20.5. The number of amides is 5. The maximum atomic E-state index is 13.8. The second-order valence-electron chi connectivity index (χ2n) is 12.4. The Labute approximate surface area is 288 Å². The molecular formula is C34H44N6O8S. The predicted octanol–water partition coefficient (Wildman–Crippen LogP) is 2.01. The van der Waals surface area contributed by atoms with Gasteiger partial charge in [0.05, 0.1) is 6.42 Å². The molecule has 3 aromatic rings. The molecule has 3 rings (SSSR count). The van der Waals surface area contributed by atoms with Gasteiger partial charge >= 0.3 is 12.1 Å². The van der Waals surface area contributed by atoms with Gasteiger partial charge in [-0.25, -0.2) is 4.79 Å². The summed E-state index contributed by atoms with van der Waals surface area (Å²) >= 11 is 1.40. The lowest BCUT2D eigenvalue weighted by atomic mass is 10.0. The lowest BCUT2D eigenvalue weighted by Gasteiger charge is -2.26. The quantitative estimate of drug-likeness (QED) is 0.110. The fourth-order valence-electron chi connectivity index (χ4n) is 4.96. The van der Waals surface area contributed by atoms with Crippen LogP contribution in [0.3, 0.4) is 0 Å². The maximum Gasteiger partial charge on any atom is 0.408 e. The number of primary amides is 1. The van der Waals surface area contributed by atoms with Crippen molar-refractivity contribution >= 4 is 58.4 Å². The fourth-order valence-corrected chi connectivity index (χ4v) is 5.43. The molecule has 0 saturated carbocycles. The molecule has 0 aliphatic rings. The van der Waals surface area contributed by atoms with Crippen LogP contribution in [0.2, 0.25) is 0 Å². The van der Waals surface area contributed by atoms with Crippen LogP contribution in [0.4, 0.5) is 4.79 Å². The Morgan fingerprint density at radius 1 is 0.816 bits per heavy atom. The Bertz CT molecular complexity index is 1620. The Morgan fingerprint density at radius 3 is 2.04 bits per heavy atom. The third kappa shape index (κ3) is 12.5. The number of aromatic amines is 1. The number of rotatable bonds is 17. The zero-order valence-electron chi connectivity index (χ0n) is 27.9. The topological polar surface area (TPSA) is 222 Å². The Morgan fingerprint density at radius 2 is 1.41 bits per heavy atom. The van der Waals surface area contributed by atoms with E-state index in [0.717, 1.165) is 16.5 Å². The van der Waals surface area contributed by atoms with E-state index in [0.29, 0.717) is 11.3 Å². The summed E-state index contributed by atoms with van der Waals surface area (Å²) < 4.78 is 5.39. The monoisotopic (exact) mass is 696 g/mol. The van der Waals surface area contributed by atoms with Crippen molar-refractivity contribution in [1.29, 1.82) is 0 Å². The molecule has 1 aromatic heterocycles. The number of thioether (sulfide) groups is 1. The number of hydrogen-bond donors (Lipinski definition) is 7. The number of alkyl carbamates (subject to hydrolysis) is 1. The molecular weight excluding hydrogens is 652 g/mol. The number of nitrogens with two attached hydrogens (primary N) is 1. The van der Waals surface area contributed by atoms with Crippen molar-refractivity contribution in [3.8, 4) is 0 Å². The minimum absolute atomic E-state index is 0.0462. The molecule has 0 spiro atoms. The van der Waals surface area contributed by atoms with Crippen molar-refractivity contribution in [3.63, 3.8) is 0 Å². The van der Waals surface area contributed by atoms with E-state index in [1.54, 1.807) is 63.6 Å². The smallest absolute Gasteiger partial charge is 0.408 e. The van der Waals surface area contributed by atoms with Gasteiger partial charge in [0, 0.05) is 29.9 Å². The molecule has 2 aromatic carbocycles. The number of carboxylic acid groups (broad SMARTS) is 1. The summed E-state index contributed by atoms with van der Waals surface area (Å²) in [6.07, 6.45) is 2.10. The van der Waals surface area contributed by atoms with E-state index in [1.165, 1.54) is 11.8 Å². The molecule has 8 N–H and O–H groups in total. The van der Waals surface area contributed by atoms with Gasteiger partial charge in [0.2, 0.25) is 23.6 Å². The number of aromatic nitrogens is 1. The molecule has 14 nitrogen and oxygen atoms in total. The number of nitrogens with one attached hydrogen (secondary N) is 5. The highest BCUT2D eigenvalue weighted by atomic mass is 32.2. The van der Waals surface area contributed by atoms with Crippen molar-refractivity contribution in [1.82, 2.24) is 26.3 Å². The van der Waals surface area contributed by atoms with Gasteiger partial charge in [0.25, 0.3) is 0 Å². The van der Waals surface area contributed by atoms with Gasteiger partial charge in [-0.15, -0.1) is 0 Å². The molecule has 0 aliphatic heterocycles. The molecule has 0 radical (unpaired) electrons. The highest BCUT2D eigenvalue weighted by molar-refractivity contribution is 7.98. The van der Waals surface area contributed by atoms with Gasteiger partial charge in [-0.2, -0.15) is 11.8 Å². The van der Waals surface area contributed by atoms with Gasteiger partial charge in [-0.3, -0.25) is 24.0 Å². The minimum Gasteiger partial charge on any atom is -0.481 e. The second kappa shape index (κ2) is 17.9. The Kier molecular flexibility index (Phi) is 14.0. The number of carbonyl (C=O) groups excluding carboxylic acids is 5. The molecule has 0 aliphatic carbocycles. The lowest BCUT2D eigenvalue weighted by molar-refractivity contribution is -0.141. The average molecular weight is 697 g/mol. The van der Waals surface area contributed by atoms with Crippen molar-refractivity contribution in [2.24, 2.45) is 5.73 Å². The number of hydrogen-bond acceptors (Lipinski definition) is 8. The average Bonchev–Trinajstić information content (AvgIpc) is 3.43. The van der Waals surface area contributed by atoms with Crippen LogP contribution in [0.5, 0.6) is 0 Å². The number of fused-ring (bicyclic) bond motifs is 1. The Hall–Kier alpha value is -5.05. The first-order valence-corrected chi connectivity index (χ1v) is 17.1. The zero-order valence-corrected chi connectivity index (χ0v) is 28.7. The summed E-state index contributed by atoms with van der Waals surface area (Å²) in [7, 11) is 0. The molecule has 0 fully saturated rings. The number of ether oxygens (including phenoxy) is 1. The van der Waals surface area contributed by atoms with E-state index >= 15 is 0 Å². The second-order valence-corrected chi connectivity index (χ2v) is 13.4. The normalized spacial score (nSPS) is 13.7. The summed E-state index contributed by atoms with van der Waals surface area (Å²) in [6.45, 7) is 5.04. The number of benzene rings is 2. The van der Waals surface area contributed by atoms with Crippen molar-refractivity contribution in [3.05, 3.63) is 71.9 Å².